The lowest BCUT2D eigenvalue weighted by Crippen LogP contribution is -2.39. The first-order valence-electron chi connectivity index (χ1n) is 11.2. The first-order chi connectivity index (χ1) is 14.8. The van der Waals surface area contributed by atoms with Gasteiger partial charge in [-0.25, -0.2) is 0 Å². The van der Waals surface area contributed by atoms with Crippen molar-refractivity contribution < 1.29 is 9.59 Å². The molecule has 0 saturated heterocycles. The number of hydrogen-bond acceptors (Lipinski definition) is 5. The molecule has 6 nitrogen and oxygen atoms in total. The highest BCUT2D eigenvalue weighted by atomic mass is 32.1. The van der Waals surface area contributed by atoms with Gasteiger partial charge in [-0.1, -0.05) is 0 Å². The number of thiophene rings is 1. The van der Waals surface area contributed by atoms with E-state index in [1.54, 1.807) is 11.3 Å². The zero-order valence-electron chi connectivity index (χ0n) is 18.8. The van der Waals surface area contributed by atoms with Gasteiger partial charge in [0.2, 0.25) is 0 Å². The molecule has 31 heavy (non-hydrogen) atoms. The standard InChI is InChI=1S/C24H31N3O3S/c1-5-27(17-6-8-18(28)9-7-17)24-16(4)21-20(31-24)10-11-26(23(21)30)13-19-14(2)12-15(3)25-22(19)29/h12,17H,5-11,13H2,1-4H3,(H,25,29). The fourth-order valence-electron chi connectivity index (χ4n) is 5.01. The average Bonchev–Trinajstić information content (AvgIpc) is 3.05. The molecule has 7 heteroatoms. The van der Waals surface area contributed by atoms with Gasteiger partial charge in [0.1, 0.15) is 5.78 Å². The molecule has 2 aromatic rings. The number of carbonyl (C=O) groups excluding carboxylic acids is 2. The Balaban J connectivity index is 1.60. The molecule has 1 fully saturated rings. The third-order valence-corrected chi connectivity index (χ3v) is 8.09. The molecule has 0 atom stereocenters. The number of aromatic amines is 1. The molecular formula is C24H31N3O3S. The number of aromatic nitrogens is 1. The number of aryl methyl sites for hydroxylation is 2. The molecular weight excluding hydrogens is 410 g/mol. The number of amides is 1. The van der Waals surface area contributed by atoms with Gasteiger partial charge in [0.25, 0.3) is 11.5 Å². The van der Waals surface area contributed by atoms with Crippen LogP contribution in [0.1, 0.15) is 70.2 Å². The summed E-state index contributed by atoms with van der Waals surface area (Å²) in [5.74, 6) is 0.386. The van der Waals surface area contributed by atoms with Crippen molar-refractivity contribution in [1.29, 1.82) is 0 Å². The molecule has 0 spiro atoms. The second-order valence-electron chi connectivity index (χ2n) is 8.81. The Morgan fingerprint density at radius 3 is 2.48 bits per heavy atom. The molecule has 4 rings (SSSR count). The van der Waals surface area contributed by atoms with Crippen LogP contribution in [0.15, 0.2) is 10.9 Å². The number of ketones is 1. The number of hydrogen-bond donors (Lipinski definition) is 1. The number of H-pyrrole nitrogens is 1. The Morgan fingerprint density at radius 2 is 1.84 bits per heavy atom. The molecule has 2 aromatic heterocycles. The fraction of sp³-hybridized carbons (Fsp3) is 0.542. The van der Waals surface area contributed by atoms with Gasteiger partial charge in [0.05, 0.1) is 17.1 Å². The van der Waals surface area contributed by atoms with E-state index < -0.39 is 0 Å². The number of Topliss-reactive ketones (excluding diaryl/α,β-unsaturated/α-hetero) is 1. The summed E-state index contributed by atoms with van der Waals surface area (Å²) in [5.41, 5.74) is 4.17. The average molecular weight is 442 g/mol. The van der Waals surface area contributed by atoms with Crippen molar-refractivity contribution in [2.75, 3.05) is 18.0 Å². The number of nitrogens with zero attached hydrogens (tertiary/aromatic N) is 2. The molecule has 2 aliphatic rings. The number of rotatable bonds is 5. The largest absolute Gasteiger partial charge is 0.360 e. The minimum atomic E-state index is -0.108. The van der Waals surface area contributed by atoms with Gasteiger partial charge in [-0.15, -0.1) is 11.3 Å². The molecule has 1 saturated carbocycles. The minimum absolute atomic E-state index is 0.0236. The highest BCUT2D eigenvalue weighted by molar-refractivity contribution is 7.16. The van der Waals surface area contributed by atoms with Crippen molar-refractivity contribution in [2.24, 2.45) is 0 Å². The van der Waals surface area contributed by atoms with E-state index in [1.807, 2.05) is 31.7 Å². The Labute approximate surface area is 187 Å². The summed E-state index contributed by atoms with van der Waals surface area (Å²) in [6.45, 7) is 9.83. The smallest absolute Gasteiger partial charge is 0.255 e. The zero-order valence-corrected chi connectivity index (χ0v) is 19.7. The lowest BCUT2D eigenvalue weighted by molar-refractivity contribution is -0.120. The monoisotopic (exact) mass is 441 g/mol. The summed E-state index contributed by atoms with van der Waals surface area (Å²) >= 11 is 1.74. The van der Waals surface area contributed by atoms with E-state index in [1.165, 1.54) is 5.00 Å². The summed E-state index contributed by atoms with van der Waals surface area (Å²) < 4.78 is 0. The molecule has 1 aliphatic carbocycles. The van der Waals surface area contributed by atoms with Crippen LogP contribution in [0.25, 0.3) is 0 Å². The summed E-state index contributed by atoms with van der Waals surface area (Å²) in [6.07, 6.45) is 3.91. The molecule has 0 unspecified atom stereocenters. The summed E-state index contributed by atoms with van der Waals surface area (Å²) in [7, 11) is 0. The third-order valence-electron chi connectivity index (χ3n) is 6.70. The van der Waals surface area contributed by atoms with Gasteiger partial charge in [0, 0.05) is 54.5 Å². The number of carbonyl (C=O) groups is 2. The van der Waals surface area contributed by atoms with Crippen molar-refractivity contribution in [3.05, 3.63) is 49.2 Å². The van der Waals surface area contributed by atoms with Crippen molar-refractivity contribution >= 4 is 28.0 Å². The summed E-state index contributed by atoms with van der Waals surface area (Å²) in [5, 5.41) is 1.17. The molecule has 1 amide bonds. The SMILES string of the molecule is CCN(c1sc2c(c1C)C(=O)N(Cc1c(C)cc(C)[nH]c1=O)CC2)C1CCC(=O)CC1. The second kappa shape index (κ2) is 8.61. The van der Waals surface area contributed by atoms with Crippen molar-refractivity contribution in [3.8, 4) is 0 Å². The Morgan fingerprint density at radius 1 is 1.13 bits per heavy atom. The van der Waals surface area contributed by atoms with Crippen LogP contribution in [-0.4, -0.2) is 40.7 Å². The normalized spacial score (nSPS) is 17.2. The van der Waals surface area contributed by atoms with Gasteiger partial charge in [0.15, 0.2) is 0 Å². The summed E-state index contributed by atoms with van der Waals surface area (Å²) in [6, 6.07) is 2.32. The van der Waals surface area contributed by atoms with Crippen LogP contribution in [0.4, 0.5) is 5.00 Å². The van der Waals surface area contributed by atoms with E-state index in [9.17, 15) is 14.4 Å². The summed E-state index contributed by atoms with van der Waals surface area (Å²) in [4.78, 5) is 45.8. The molecule has 0 bridgehead atoms. The van der Waals surface area contributed by atoms with Gasteiger partial charge in [-0.05, 0) is 57.7 Å². The fourth-order valence-corrected chi connectivity index (χ4v) is 6.43. The molecule has 166 valence electrons. The highest BCUT2D eigenvalue weighted by Crippen LogP contribution is 2.41. The van der Waals surface area contributed by atoms with E-state index in [0.717, 1.165) is 53.1 Å². The van der Waals surface area contributed by atoms with Crippen LogP contribution >= 0.6 is 11.3 Å². The molecule has 0 radical (unpaired) electrons. The van der Waals surface area contributed by atoms with Crippen molar-refractivity contribution in [1.82, 2.24) is 9.88 Å². The van der Waals surface area contributed by atoms with Crippen molar-refractivity contribution in [3.63, 3.8) is 0 Å². The molecule has 3 heterocycles. The van der Waals surface area contributed by atoms with Gasteiger partial charge in [-0.2, -0.15) is 0 Å². The van der Waals surface area contributed by atoms with Crippen LogP contribution < -0.4 is 10.5 Å². The van der Waals surface area contributed by atoms with E-state index in [4.69, 9.17) is 0 Å². The maximum atomic E-state index is 13.4. The number of pyridine rings is 1. The van der Waals surface area contributed by atoms with Crippen LogP contribution in [-0.2, 0) is 17.8 Å². The lowest BCUT2D eigenvalue weighted by Gasteiger charge is -2.34. The topological polar surface area (TPSA) is 73.5 Å². The maximum absolute atomic E-state index is 13.4. The van der Waals surface area contributed by atoms with Gasteiger partial charge >= 0.3 is 0 Å². The number of fused-ring (bicyclic) bond motifs is 1. The Kier molecular flexibility index (Phi) is 6.06. The highest BCUT2D eigenvalue weighted by Gasteiger charge is 2.33. The Bertz CT molecular complexity index is 1070. The lowest BCUT2D eigenvalue weighted by atomic mass is 9.93. The quantitative estimate of drug-likeness (QED) is 0.764. The van der Waals surface area contributed by atoms with E-state index in [2.05, 4.69) is 16.8 Å². The van der Waals surface area contributed by atoms with E-state index in [0.29, 0.717) is 43.3 Å². The number of nitrogens with one attached hydrogen (secondary N) is 1. The van der Waals surface area contributed by atoms with Crippen LogP contribution in [0, 0.1) is 20.8 Å². The first kappa shape index (κ1) is 21.8. The van der Waals surface area contributed by atoms with E-state index in [-0.39, 0.29) is 11.5 Å². The van der Waals surface area contributed by atoms with Crippen LogP contribution in [0.2, 0.25) is 0 Å². The number of anilines is 1. The molecule has 1 aliphatic heterocycles. The minimum Gasteiger partial charge on any atom is -0.360 e. The predicted molar refractivity (Wildman–Crippen MR) is 124 cm³/mol. The second-order valence-corrected chi connectivity index (χ2v) is 9.89. The van der Waals surface area contributed by atoms with Crippen LogP contribution in [0.5, 0.6) is 0 Å². The van der Waals surface area contributed by atoms with Gasteiger partial charge in [-0.3, -0.25) is 14.4 Å². The molecule has 1 N–H and O–H groups in total. The molecule has 0 aromatic carbocycles. The first-order valence-corrected chi connectivity index (χ1v) is 12.0. The Hall–Kier alpha value is -2.41. The van der Waals surface area contributed by atoms with Crippen molar-refractivity contribution in [2.45, 2.75) is 72.4 Å². The predicted octanol–water partition coefficient (Wildman–Crippen LogP) is 3.90. The zero-order chi connectivity index (χ0) is 22.3. The maximum Gasteiger partial charge on any atom is 0.255 e. The van der Waals surface area contributed by atoms with Gasteiger partial charge < -0.3 is 14.8 Å². The van der Waals surface area contributed by atoms with Crippen LogP contribution in [0.3, 0.4) is 0 Å². The third kappa shape index (κ3) is 4.07. The van der Waals surface area contributed by atoms with E-state index >= 15 is 0 Å².